The maximum atomic E-state index is 4.58. The van der Waals surface area contributed by atoms with Crippen LogP contribution in [0.25, 0.3) is 5.65 Å². The van der Waals surface area contributed by atoms with Crippen LogP contribution >= 0.6 is 11.3 Å². The first-order chi connectivity index (χ1) is 9.36. The van der Waals surface area contributed by atoms with Crippen LogP contribution in [0.3, 0.4) is 0 Å². The molecule has 0 amide bonds. The second kappa shape index (κ2) is 5.55. The van der Waals surface area contributed by atoms with Gasteiger partial charge in [0.25, 0.3) is 0 Å². The summed E-state index contributed by atoms with van der Waals surface area (Å²) in [5, 5.41) is 5.64. The zero-order valence-corrected chi connectivity index (χ0v) is 11.8. The number of rotatable bonds is 5. The lowest BCUT2D eigenvalue weighted by Crippen LogP contribution is -2.12. The number of nitrogens with zero attached hydrogens (tertiary/aromatic N) is 2. The third-order valence-corrected chi connectivity index (χ3v) is 4.19. The van der Waals surface area contributed by atoms with Crippen molar-refractivity contribution in [3.63, 3.8) is 0 Å². The van der Waals surface area contributed by atoms with E-state index in [1.165, 1.54) is 10.4 Å². The highest BCUT2D eigenvalue weighted by Crippen LogP contribution is 2.17. The van der Waals surface area contributed by atoms with E-state index in [1.807, 2.05) is 35.7 Å². The molecule has 3 nitrogen and oxygen atoms in total. The second-order valence-electron chi connectivity index (χ2n) is 4.52. The summed E-state index contributed by atoms with van der Waals surface area (Å²) in [6.07, 6.45) is 5.21. The van der Waals surface area contributed by atoms with Crippen LogP contribution in [-0.4, -0.2) is 9.38 Å². The molecule has 98 valence electrons. The molecule has 0 aromatic carbocycles. The molecular weight excluding hydrogens is 254 g/mol. The number of nitrogens with one attached hydrogen (secondary N) is 1. The largest absolute Gasteiger partial charge is 0.307 e. The molecule has 0 fully saturated rings. The van der Waals surface area contributed by atoms with Gasteiger partial charge in [0.2, 0.25) is 0 Å². The Balaban J connectivity index is 1.63. The first-order valence-corrected chi connectivity index (χ1v) is 7.43. The minimum Gasteiger partial charge on any atom is -0.307 e. The molecule has 3 rings (SSSR count). The summed E-state index contributed by atoms with van der Waals surface area (Å²) >= 11 is 1.83. The topological polar surface area (TPSA) is 29.3 Å². The van der Waals surface area contributed by atoms with E-state index in [4.69, 9.17) is 0 Å². The van der Waals surface area contributed by atoms with Gasteiger partial charge in [0, 0.05) is 30.4 Å². The van der Waals surface area contributed by atoms with E-state index < -0.39 is 0 Å². The van der Waals surface area contributed by atoms with Gasteiger partial charge in [-0.05, 0) is 35.6 Å². The highest BCUT2D eigenvalue weighted by Gasteiger charge is 2.03. The Morgan fingerprint density at radius 1 is 1.26 bits per heavy atom. The first kappa shape index (κ1) is 12.4. The molecule has 0 spiro atoms. The molecule has 0 atom stereocenters. The normalized spacial score (nSPS) is 11.2. The lowest BCUT2D eigenvalue weighted by Gasteiger charge is -2.02. The molecule has 0 saturated carbocycles. The zero-order chi connectivity index (χ0) is 13.1. The number of imidazole rings is 1. The van der Waals surface area contributed by atoms with E-state index in [2.05, 4.69) is 39.3 Å². The van der Waals surface area contributed by atoms with Crippen LogP contribution in [0.15, 0.2) is 42.0 Å². The van der Waals surface area contributed by atoms with Crippen LogP contribution in [0.4, 0.5) is 0 Å². The van der Waals surface area contributed by atoms with Gasteiger partial charge in [-0.15, -0.1) is 11.3 Å². The molecule has 19 heavy (non-hydrogen) atoms. The molecule has 0 aliphatic carbocycles. The number of fused-ring (bicyclic) bond motifs is 1. The molecule has 0 unspecified atom stereocenters. The van der Waals surface area contributed by atoms with Crippen LogP contribution in [0, 0.1) is 0 Å². The van der Waals surface area contributed by atoms with Crippen molar-refractivity contribution in [2.45, 2.75) is 26.4 Å². The summed E-state index contributed by atoms with van der Waals surface area (Å²) < 4.78 is 2.06. The Morgan fingerprint density at radius 3 is 3.05 bits per heavy atom. The van der Waals surface area contributed by atoms with Crippen LogP contribution in [0.5, 0.6) is 0 Å². The molecule has 1 N–H and O–H groups in total. The van der Waals surface area contributed by atoms with Crippen molar-refractivity contribution in [1.29, 1.82) is 0 Å². The fraction of sp³-hybridized carbons (Fsp3) is 0.267. The van der Waals surface area contributed by atoms with Gasteiger partial charge < -0.3 is 9.72 Å². The summed E-state index contributed by atoms with van der Waals surface area (Å²) in [7, 11) is 0. The van der Waals surface area contributed by atoms with Crippen molar-refractivity contribution in [3.05, 3.63) is 58.2 Å². The minimum absolute atomic E-state index is 0.808. The predicted molar refractivity (Wildman–Crippen MR) is 79.4 cm³/mol. The quantitative estimate of drug-likeness (QED) is 0.772. The van der Waals surface area contributed by atoms with Gasteiger partial charge in [-0.25, -0.2) is 4.98 Å². The number of pyridine rings is 1. The van der Waals surface area contributed by atoms with Crippen LogP contribution in [0.1, 0.15) is 23.1 Å². The van der Waals surface area contributed by atoms with Crippen LogP contribution in [0.2, 0.25) is 0 Å². The fourth-order valence-corrected chi connectivity index (χ4v) is 3.16. The molecule has 4 heteroatoms. The van der Waals surface area contributed by atoms with Gasteiger partial charge >= 0.3 is 0 Å². The van der Waals surface area contributed by atoms with E-state index in [1.54, 1.807) is 0 Å². The maximum absolute atomic E-state index is 4.58. The lowest BCUT2D eigenvalue weighted by atomic mass is 10.2. The Hall–Kier alpha value is -1.65. The Bertz CT molecular complexity index is 636. The van der Waals surface area contributed by atoms with Crippen molar-refractivity contribution in [3.8, 4) is 0 Å². The zero-order valence-electron chi connectivity index (χ0n) is 11.0. The molecule has 0 bridgehead atoms. The average Bonchev–Trinajstić information content (AvgIpc) is 3.04. The Kier molecular flexibility index (Phi) is 3.62. The highest BCUT2D eigenvalue weighted by molar-refractivity contribution is 7.10. The third-order valence-electron chi connectivity index (χ3n) is 3.22. The summed E-state index contributed by atoms with van der Waals surface area (Å²) in [6, 6.07) is 8.27. The smallest absolute Gasteiger partial charge is 0.137 e. The van der Waals surface area contributed by atoms with E-state index in [9.17, 15) is 0 Å². The number of aryl methyl sites for hydroxylation is 1. The summed E-state index contributed by atoms with van der Waals surface area (Å²) in [5.74, 6) is 0. The summed E-state index contributed by atoms with van der Waals surface area (Å²) in [5.41, 5.74) is 3.54. The predicted octanol–water partition coefficient (Wildman–Crippen LogP) is 3.25. The fourth-order valence-electron chi connectivity index (χ4n) is 2.21. The van der Waals surface area contributed by atoms with Crippen LogP contribution < -0.4 is 5.32 Å². The lowest BCUT2D eigenvalue weighted by molar-refractivity contribution is 0.686. The van der Waals surface area contributed by atoms with Gasteiger partial charge in [-0.1, -0.05) is 13.0 Å². The minimum atomic E-state index is 0.808. The monoisotopic (exact) mass is 271 g/mol. The molecule has 0 aliphatic heterocycles. The van der Waals surface area contributed by atoms with E-state index >= 15 is 0 Å². The Morgan fingerprint density at radius 2 is 2.21 bits per heavy atom. The molecular formula is C15H17N3S. The van der Waals surface area contributed by atoms with Gasteiger partial charge in [-0.3, -0.25) is 0 Å². The third kappa shape index (κ3) is 2.69. The highest BCUT2D eigenvalue weighted by atomic mass is 32.1. The van der Waals surface area contributed by atoms with Gasteiger partial charge in [0.05, 0.1) is 5.69 Å². The number of thiophene rings is 1. The number of hydrogen-bond acceptors (Lipinski definition) is 3. The summed E-state index contributed by atoms with van der Waals surface area (Å²) in [6.45, 7) is 3.94. The average molecular weight is 271 g/mol. The van der Waals surface area contributed by atoms with Crippen molar-refractivity contribution in [2.24, 2.45) is 0 Å². The molecule has 3 aromatic heterocycles. The van der Waals surface area contributed by atoms with Crippen molar-refractivity contribution >= 4 is 17.0 Å². The van der Waals surface area contributed by atoms with Gasteiger partial charge in [0.15, 0.2) is 0 Å². The van der Waals surface area contributed by atoms with E-state index in [0.717, 1.165) is 30.9 Å². The molecule has 0 aliphatic rings. The van der Waals surface area contributed by atoms with Crippen molar-refractivity contribution in [2.75, 3.05) is 0 Å². The molecule has 0 radical (unpaired) electrons. The van der Waals surface area contributed by atoms with Gasteiger partial charge in [0.1, 0.15) is 5.65 Å². The second-order valence-corrected chi connectivity index (χ2v) is 5.53. The van der Waals surface area contributed by atoms with Crippen molar-refractivity contribution in [1.82, 2.24) is 14.7 Å². The van der Waals surface area contributed by atoms with E-state index in [0.29, 0.717) is 0 Å². The first-order valence-electron chi connectivity index (χ1n) is 6.55. The van der Waals surface area contributed by atoms with E-state index in [-0.39, 0.29) is 0 Å². The SMILES string of the molecule is CCc1ccsc1CNCc1cn2ccccc2n1. The molecule has 3 heterocycles. The van der Waals surface area contributed by atoms with Crippen molar-refractivity contribution < 1.29 is 0 Å². The Labute approximate surface area is 116 Å². The van der Waals surface area contributed by atoms with Crippen LogP contribution in [-0.2, 0) is 19.5 Å². The number of aromatic nitrogens is 2. The molecule has 0 saturated heterocycles. The summed E-state index contributed by atoms with van der Waals surface area (Å²) in [4.78, 5) is 6.01. The number of hydrogen-bond donors (Lipinski definition) is 1. The van der Waals surface area contributed by atoms with Gasteiger partial charge in [-0.2, -0.15) is 0 Å². The standard InChI is InChI=1S/C15H17N3S/c1-2-12-6-8-19-14(12)10-16-9-13-11-18-7-4-3-5-15(18)17-13/h3-8,11,16H,2,9-10H2,1H3. The molecule has 3 aromatic rings. The maximum Gasteiger partial charge on any atom is 0.137 e.